The van der Waals surface area contributed by atoms with Crippen LogP contribution in [0.4, 0.5) is 0 Å². The summed E-state index contributed by atoms with van der Waals surface area (Å²) >= 11 is 0. The average Bonchev–Trinajstić information content (AvgIpc) is 2.29. The molecule has 1 nitrogen and oxygen atoms in total. The summed E-state index contributed by atoms with van der Waals surface area (Å²) in [5.41, 5.74) is 7.30. The highest BCUT2D eigenvalue weighted by molar-refractivity contribution is 4.99. The van der Waals surface area contributed by atoms with Crippen molar-refractivity contribution >= 4 is 0 Å². The minimum Gasteiger partial charge on any atom is -0.325 e. The molecular weight excluding hydrogens is 182 g/mol. The first-order valence-electron chi connectivity index (χ1n) is 6.40. The molecule has 0 bridgehead atoms. The van der Waals surface area contributed by atoms with Gasteiger partial charge in [0, 0.05) is 5.54 Å². The first-order chi connectivity index (χ1) is 6.61. The lowest BCUT2D eigenvalue weighted by Gasteiger charge is -2.40. The Balaban J connectivity index is 2.82. The molecule has 1 aliphatic carbocycles. The van der Waals surface area contributed by atoms with E-state index in [2.05, 4.69) is 41.5 Å². The Kier molecular flexibility index (Phi) is 3.27. The number of hydrogen-bond donors (Lipinski definition) is 1. The van der Waals surface area contributed by atoms with Crippen molar-refractivity contribution < 1.29 is 0 Å². The van der Waals surface area contributed by atoms with Gasteiger partial charge in [-0.05, 0) is 49.4 Å². The highest BCUT2D eigenvalue weighted by atomic mass is 14.7. The quantitative estimate of drug-likeness (QED) is 0.751. The second-order valence-corrected chi connectivity index (χ2v) is 7.24. The van der Waals surface area contributed by atoms with Gasteiger partial charge in [-0.3, -0.25) is 0 Å². The van der Waals surface area contributed by atoms with E-state index in [4.69, 9.17) is 5.73 Å². The highest BCUT2D eigenvalue weighted by Gasteiger charge is 2.48. The predicted molar refractivity (Wildman–Crippen MR) is 67.8 cm³/mol. The van der Waals surface area contributed by atoms with Crippen LogP contribution in [0.2, 0.25) is 0 Å². The van der Waals surface area contributed by atoms with Crippen molar-refractivity contribution in [2.45, 2.75) is 72.8 Å². The van der Waals surface area contributed by atoms with Gasteiger partial charge in [-0.25, -0.2) is 0 Å². The monoisotopic (exact) mass is 211 g/mol. The minimum atomic E-state index is 0.0174. The van der Waals surface area contributed by atoms with E-state index >= 15 is 0 Å². The fourth-order valence-corrected chi connectivity index (χ4v) is 3.21. The molecule has 1 unspecified atom stereocenters. The zero-order valence-corrected chi connectivity index (χ0v) is 11.5. The summed E-state index contributed by atoms with van der Waals surface area (Å²) in [7, 11) is 0. The molecule has 1 fully saturated rings. The molecule has 0 amide bonds. The molecule has 1 saturated carbocycles. The lowest BCUT2D eigenvalue weighted by molar-refractivity contribution is 0.115. The van der Waals surface area contributed by atoms with Crippen molar-refractivity contribution in [1.82, 2.24) is 0 Å². The van der Waals surface area contributed by atoms with E-state index in [1.54, 1.807) is 0 Å². The van der Waals surface area contributed by atoms with E-state index in [-0.39, 0.29) is 5.54 Å². The van der Waals surface area contributed by atoms with Crippen molar-refractivity contribution in [2.75, 3.05) is 0 Å². The maximum Gasteiger partial charge on any atom is 0.0126 e. The smallest absolute Gasteiger partial charge is 0.0126 e. The van der Waals surface area contributed by atoms with Crippen LogP contribution >= 0.6 is 0 Å². The summed E-state index contributed by atoms with van der Waals surface area (Å²) < 4.78 is 0. The molecule has 90 valence electrons. The number of rotatable bonds is 3. The first kappa shape index (κ1) is 13.0. The van der Waals surface area contributed by atoms with Gasteiger partial charge in [-0.15, -0.1) is 0 Å². The van der Waals surface area contributed by atoms with Gasteiger partial charge in [0.25, 0.3) is 0 Å². The fourth-order valence-electron chi connectivity index (χ4n) is 3.21. The molecule has 1 aliphatic rings. The van der Waals surface area contributed by atoms with E-state index in [1.807, 2.05) is 0 Å². The summed E-state index contributed by atoms with van der Waals surface area (Å²) in [6.45, 7) is 14.1. The molecule has 15 heavy (non-hydrogen) atoms. The maximum atomic E-state index is 6.34. The van der Waals surface area contributed by atoms with Gasteiger partial charge in [-0.2, -0.15) is 0 Å². The Morgan fingerprint density at radius 3 is 1.87 bits per heavy atom. The normalized spacial score (nSPS) is 29.0. The summed E-state index contributed by atoms with van der Waals surface area (Å²) in [5.74, 6) is 0.764. The first-order valence-corrected chi connectivity index (χ1v) is 6.40. The molecular formula is C14H29N. The second kappa shape index (κ2) is 3.76. The van der Waals surface area contributed by atoms with Crippen LogP contribution in [0.15, 0.2) is 0 Å². The third-order valence-corrected chi connectivity index (χ3v) is 4.78. The Morgan fingerprint density at radius 2 is 1.53 bits per heavy atom. The molecule has 0 aromatic carbocycles. The van der Waals surface area contributed by atoms with Crippen molar-refractivity contribution in [1.29, 1.82) is 0 Å². The molecule has 1 atom stereocenters. The molecule has 1 heteroatoms. The van der Waals surface area contributed by atoms with E-state index in [1.165, 1.54) is 19.3 Å². The molecule has 0 radical (unpaired) electrons. The third kappa shape index (κ3) is 2.75. The standard InChI is InChI=1S/C14H29N/c1-7-14(6,15)10-11-12(2,3)8-9-13(11,4)5/h11H,7-10,15H2,1-6H3. The summed E-state index contributed by atoms with van der Waals surface area (Å²) in [5, 5.41) is 0. The molecule has 2 N–H and O–H groups in total. The van der Waals surface area contributed by atoms with E-state index in [0.717, 1.165) is 12.3 Å². The molecule has 0 spiro atoms. The van der Waals surface area contributed by atoms with Gasteiger partial charge in [0.2, 0.25) is 0 Å². The Bertz CT molecular complexity index is 209. The van der Waals surface area contributed by atoms with Gasteiger partial charge in [0.15, 0.2) is 0 Å². The van der Waals surface area contributed by atoms with E-state index in [9.17, 15) is 0 Å². The van der Waals surface area contributed by atoms with Crippen LogP contribution in [-0.4, -0.2) is 5.54 Å². The zero-order chi connectivity index (χ0) is 11.9. The van der Waals surface area contributed by atoms with Crippen molar-refractivity contribution in [3.05, 3.63) is 0 Å². The van der Waals surface area contributed by atoms with Crippen LogP contribution in [0.5, 0.6) is 0 Å². The lowest BCUT2D eigenvalue weighted by atomic mass is 9.67. The zero-order valence-electron chi connectivity index (χ0n) is 11.5. The lowest BCUT2D eigenvalue weighted by Crippen LogP contribution is -2.42. The van der Waals surface area contributed by atoms with Crippen LogP contribution < -0.4 is 5.73 Å². The second-order valence-electron chi connectivity index (χ2n) is 7.24. The molecule has 0 aromatic rings. The SMILES string of the molecule is CCC(C)(N)CC1C(C)(C)CCC1(C)C. The van der Waals surface area contributed by atoms with Crippen LogP contribution in [0.1, 0.15) is 67.2 Å². The highest BCUT2D eigenvalue weighted by Crippen LogP contribution is 2.56. The third-order valence-electron chi connectivity index (χ3n) is 4.78. The molecule has 0 aliphatic heterocycles. The number of nitrogens with two attached hydrogens (primary N) is 1. The largest absolute Gasteiger partial charge is 0.325 e. The summed E-state index contributed by atoms with van der Waals surface area (Å²) in [6.07, 6.45) is 4.95. The summed E-state index contributed by atoms with van der Waals surface area (Å²) in [4.78, 5) is 0. The van der Waals surface area contributed by atoms with Gasteiger partial charge in [0.05, 0.1) is 0 Å². The Hall–Kier alpha value is -0.0400. The molecule has 0 saturated heterocycles. The van der Waals surface area contributed by atoms with E-state index < -0.39 is 0 Å². The Morgan fingerprint density at radius 1 is 1.13 bits per heavy atom. The number of hydrogen-bond acceptors (Lipinski definition) is 1. The van der Waals surface area contributed by atoms with Crippen LogP contribution in [0.3, 0.4) is 0 Å². The average molecular weight is 211 g/mol. The topological polar surface area (TPSA) is 26.0 Å². The molecule has 1 rings (SSSR count). The van der Waals surface area contributed by atoms with Gasteiger partial charge < -0.3 is 5.73 Å². The van der Waals surface area contributed by atoms with Crippen LogP contribution in [0, 0.1) is 16.7 Å². The molecule has 0 aromatic heterocycles. The summed E-state index contributed by atoms with van der Waals surface area (Å²) in [6, 6.07) is 0. The predicted octanol–water partition coefficient (Wildman–Crippen LogP) is 3.97. The molecule has 0 heterocycles. The van der Waals surface area contributed by atoms with Crippen molar-refractivity contribution in [3.8, 4) is 0 Å². The van der Waals surface area contributed by atoms with Gasteiger partial charge in [-0.1, -0.05) is 34.6 Å². The van der Waals surface area contributed by atoms with Crippen molar-refractivity contribution in [2.24, 2.45) is 22.5 Å². The van der Waals surface area contributed by atoms with Crippen LogP contribution in [-0.2, 0) is 0 Å². The van der Waals surface area contributed by atoms with Gasteiger partial charge in [0.1, 0.15) is 0 Å². The minimum absolute atomic E-state index is 0.0174. The maximum absolute atomic E-state index is 6.34. The van der Waals surface area contributed by atoms with Crippen LogP contribution in [0.25, 0.3) is 0 Å². The fraction of sp³-hybridized carbons (Fsp3) is 1.00. The van der Waals surface area contributed by atoms with Gasteiger partial charge >= 0.3 is 0 Å². The van der Waals surface area contributed by atoms with Crippen molar-refractivity contribution in [3.63, 3.8) is 0 Å². The Labute approximate surface area is 95.8 Å². The van der Waals surface area contributed by atoms with E-state index in [0.29, 0.717) is 10.8 Å².